The lowest BCUT2D eigenvalue weighted by molar-refractivity contribution is 0.412. The fourth-order valence-electron chi connectivity index (χ4n) is 2.70. The van der Waals surface area contributed by atoms with Crippen molar-refractivity contribution in [2.45, 2.75) is 39.8 Å². The minimum Gasteiger partial charge on any atom is -0.497 e. The minimum absolute atomic E-state index is 0.273. The van der Waals surface area contributed by atoms with Gasteiger partial charge in [0.1, 0.15) is 5.75 Å². The zero-order valence-corrected chi connectivity index (χ0v) is 13.6. The van der Waals surface area contributed by atoms with E-state index in [-0.39, 0.29) is 6.04 Å². The van der Waals surface area contributed by atoms with Crippen molar-refractivity contribution >= 4 is 0 Å². The predicted octanol–water partition coefficient (Wildman–Crippen LogP) is 4.72. The number of nitrogens with one attached hydrogen (secondary N) is 1. The van der Waals surface area contributed by atoms with Gasteiger partial charge in [-0.05, 0) is 56.5 Å². The van der Waals surface area contributed by atoms with Gasteiger partial charge < -0.3 is 10.1 Å². The van der Waals surface area contributed by atoms with Crippen LogP contribution < -0.4 is 10.1 Å². The van der Waals surface area contributed by atoms with E-state index in [0.717, 1.165) is 5.75 Å². The van der Waals surface area contributed by atoms with E-state index in [2.05, 4.69) is 63.3 Å². The third-order valence-corrected chi connectivity index (χ3v) is 4.00. The van der Waals surface area contributed by atoms with E-state index in [1.54, 1.807) is 7.11 Å². The zero-order chi connectivity index (χ0) is 15.4. The Balaban J connectivity index is 2.14. The second-order valence-electron chi connectivity index (χ2n) is 5.75. The topological polar surface area (TPSA) is 21.3 Å². The van der Waals surface area contributed by atoms with Gasteiger partial charge in [0.2, 0.25) is 0 Å². The van der Waals surface area contributed by atoms with Crippen molar-refractivity contribution in [3.05, 3.63) is 64.7 Å². The van der Waals surface area contributed by atoms with Gasteiger partial charge in [-0.15, -0.1) is 0 Å². The van der Waals surface area contributed by atoms with Crippen molar-refractivity contribution in [3.8, 4) is 5.75 Å². The summed E-state index contributed by atoms with van der Waals surface area (Å²) in [5, 5.41) is 3.68. The predicted molar refractivity (Wildman–Crippen MR) is 88.9 cm³/mol. The molecule has 0 bridgehead atoms. The van der Waals surface area contributed by atoms with E-state index in [1.807, 2.05) is 12.1 Å². The highest BCUT2D eigenvalue weighted by atomic mass is 16.5. The van der Waals surface area contributed by atoms with Crippen molar-refractivity contribution in [2.75, 3.05) is 7.11 Å². The highest BCUT2D eigenvalue weighted by Gasteiger charge is 2.13. The fourth-order valence-corrected chi connectivity index (χ4v) is 2.70. The molecule has 2 aromatic rings. The number of benzene rings is 2. The average molecular weight is 283 g/mol. The van der Waals surface area contributed by atoms with Crippen LogP contribution in [0.2, 0.25) is 0 Å². The molecule has 0 fully saturated rings. The Labute approximate surface area is 128 Å². The van der Waals surface area contributed by atoms with Crippen molar-refractivity contribution in [1.82, 2.24) is 5.32 Å². The van der Waals surface area contributed by atoms with E-state index in [4.69, 9.17) is 4.74 Å². The number of ether oxygens (including phenoxy) is 1. The molecule has 0 spiro atoms. The molecule has 0 radical (unpaired) electrons. The third-order valence-electron chi connectivity index (χ3n) is 4.00. The van der Waals surface area contributed by atoms with Crippen LogP contribution in [-0.2, 0) is 0 Å². The molecule has 2 rings (SSSR count). The summed E-state index contributed by atoms with van der Waals surface area (Å²) in [5.74, 6) is 0.903. The lowest BCUT2D eigenvalue weighted by atomic mass is 9.98. The van der Waals surface area contributed by atoms with E-state index >= 15 is 0 Å². The molecule has 2 aromatic carbocycles. The molecule has 21 heavy (non-hydrogen) atoms. The molecule has 1 unspecified atom stereocenters. The Morgan fingerprint density at radius 1 is 0.952 bits per heavy atom. The SMILES string of the molecule is COc1cccc([C@H](C)NC(C)c2cc(C)ccc2C)c1. The standard InChI is InChI=1S/C19H25NO/c1-13-9-10-14(2)19(11-13)16(4)20-15(3)17-7-6-8-18(12-17)21-5/h6-12,15-16,20H,1-5H3/t15-,16?/m0/s1. The van der Waals surface area contributed by atoms with Crippen LogP contribution in [0.5, 0.6) is 5.75 Å². The minimum atomic E-state index is 0.273. The van der Waals surface area contributed by atoms with Gasteiger partial charge in [0.25, 0.3) is 0 Å². The van der Waals surface area contributed by atoms with Gasteiger partial charge in [0.15, 0.2) is 0 Å². The summed E-state index contributed by atoms with van der Waals surface area (Å²) in [6, 6.07) is 15.4. The molecule has 2 atom stereocenters. The number of methoxy groups -OCH3 is 1. The van der Waals surface area contributed by atoms with Gasteiger partial charge in [-0.3, -0.25) is 0 Å². The lowest BCUT2D eigenvalue weighted by Crippen LogP contribution is -2.23. The van der Waals surface area contributed by atoms with Crippen molar-refractivity contribution in [2.24, 2.45) is 0 Å². The van der Waals surface area contributed by atoms with E-state index in [0.29, 0.717) is 6.04 Å². The normalized spacial score (nSPS) is 13.8. The Hall–Kier alpha value is -1.80. The van der Waals surface area contributed by atoms with Crippen LogP contribution in [0.1, 0.15) is 48.2 Å². The largest absolute Gasteiger partial charge is 0.497 e. The molecule has 0 aliphatic carbocycles. The van der Waals surface area contributed by atoms with E-state index in [9.17, 15) is 0 Å². The molecule has 112 valence electrons. The highest BCUT2D eigenvalue weighted by molar-refractivity contribution is 5.34. The van der Waals surface area contributed by atoms with Crippen LogP contribution in [0.25, 0.3) is 0 Å². The van der Waals surface area contributed by atoms with Gasteiger partial charge >= 0.3 is 0 Å². The summed E-state index contributed by atoms with van der Waals surface area (Å²) in [6.07, 6.45) is 0. The molecule has 2 nitrogen and oxygen atoms in total. The molecule has 0 amide bonds. The van der Waals surface area contributed by atoms with Crippen LogP contribution in [0.15, 0.2) is 42.5 Å². The molecule has 0 saturated heterocycles. The summed E-state index contributed by atoms with van der Waals surface area (Å²) in [7, 11) is 1.70. The van der Waals surface area contributed by atoms with Gasteiger partial charge in [0, 0.05) is 12.1 Å². The molecular formula is C19H25NO. The number of hydrogen-bond donors (Lipinski definition) is 1. The number of aryl methyl sites for hydroxylation is 2. The number of hydrogen-bond acceptors (Lipinski definition) is 2. The Kier molecular flexibility index (Phi) is 5.03. The van der Waals surface area contributed by atoms with Crippen LogP contribution in [0.3, 0.4) is 0 Å². The summed E-state index contributed by atoms with van der Waals surface area (Å²) in [5.41, 5.74) is 5.24. The van der Waals surface area contributed by atoms with Crippen LogP contribution in [0, 0.1) is 13.8 Å². The molecule has 2 heteroatoms. The first-order valence-electron chi connectivity index (χ1n) is 7.48. The van der Waals surface area contributed by atoms with Crippen LogP contribution in [0.4, 0.5) is 0 Å². The van der Waals surface area contributed by atoms with Crippen molar-refractivity contribution in [1.29, 1.82) is 0 Å². The second-order valence-corrected chi connectivity index (χ2v) is 5.75. The van der Waals surface area contributed by atoms with Crippen LogP contribution >= 0.6 is 0 Å². The Morgan fingerprint density at radius 3 is 2.43 bits per heavy atom. The third kappa shape index (κ3) is 3.85. The highest BCUT2D eigenvalue weighted by Crippen LogP contribution is 2.24. The smallest absolute Gasteiger partial charge is 0.119 e. The lowest BCUT2D eigenvalue weighted by Gasteiger charge is -2.23. The van der Waals surface area contributed by atoms with E-state index < -0.39 is 0 Å². The van der Waals surface area contributed by atoms with Gasteiger partial charge in [-0.2, -0.15) is 0 Å². The summed E-state index contributed by atoms with van der Waals surface area (Å²) in [4.78, 5) is 0. The number of rotatable bonds is 5. The van der Waals surface area contributed by atoms with Crippen molar-refractivity contribution < 1.29 is 4.74 Å². The molecular weight excluding hydrogens is 258 g/mol. The summed E-state index contributed by atoms with van der Waals surface area (Å²) >= 11 is 0. The molecule has 0 aliphatic rings. The Bertz CT molecular complexity index is 606. The Morgan fingerprint density at radius 2 is 1.71 bits per heavy atom. The monoisotopic (exact) mass is 283 g/mol. The van der Waals surface area contributed by atoms with Gasteiger partial charge in [-0.25, -0.2) is 0 Å². The molecule has 0 aromatic heterocycles. The van der Waals surface area contributed by atoms with Crippen LogP contribution in [-0.4, -0.2) is 7.11 Å². The molecule has 0 heterocycles. The fraction of sp³-hybridized carbons (Fsp3) is 0.368. The molecule has 0 saturated carbocycles. The maximum Gasteiger partial charge on any atom is 0.119 e. The first-order valence-corrected chi connectivity index (χ1v) is 7.48. The molecule has 1 N–H and O–H groups in total. The molecule has 0 aliphatic heterocycles. The first-order chi connectivity index (χ1) is 10.0. The average Bonchev–Trinajstić information content (AvgIpc) is 2.49. The first kappa shape index (κ1) is 15.6. The summed E-state index contributed by atoms with van der Waals surface area (Å²) < 4.78 is 5.30. The zero-order valence-electron chi connectivity index (χ0n) is 13.6. The second kappa shape index (κ2) is 6.77. The maximum atomic E-state index is 5.30. The van der Waals surface area contributed by atoms with E-state index in [1.165, 1.54) is 22.3 Å². The van der Waals surface area contributed by atoms with Gasteiger partial charge in [-0.1, -0.05) is 35.9 Å². The maximum absolute atomic E-state index is 5.30. The quantitative estimate of drug-likeness (QED) is 0.857. The summed E-state index contributed by atoms with van der Waals surface area (Å²) in [6.45, 7) is 8.72. The van der Waals surface area contributed by atoms with Crippen molar-refractivity contribution in [3.63, 3.8) is 0 Å². The van der Waals surface area contributed by atoms with Gasteiger partial charge in [0.05, 0.1) is 7.11 Å².